The molecule has 5 heteroatoms. The summed E-state index contributed by atoms with van der Waals surface area (Å²) < 4.78 is 10.1. The molecule has 0 aromatic heterocycles. The second kappa shape index (κ2) is 10.8. The first-order chi connectivity index (χ1) is 13.0. The van der Waals surface area contributed by atoms with Crippen LogP contribution in [0.4, 0.5) is 0 Å². The number of hydrogen-bond donors (Lipinski definition) is 0. The lowest BCUT2D eigenvalue weighted by molar-refractivity contribution is -0.146. The Bertz CT molecular complexity index is 647. The summed E-state index contributed by atoms with van der Waals surface area (Å²) in [6.45, 7) is 2.20. The van der Waals surface area contributed by atoms with Crippen LogP contribution in [0, 0.1) is 5.92 Å². The van der Waals surface area contributed by atoms with Crippen molar-refractivity contribution in [2.45, 2.75) is 51.5 Å². The molecule has 0 N–H and O–H groups in total. The van der Waals surface area contributed by atoms with Gasteiger partial charge in [-0.25, -0.2) is 0 Å². The standard InChI is InChI=1S/C22H31NO4/c1-17(22(25)27-3)16-23(19-10-6-4-5-7-11-19)21(24)14-13-18-9-8-12-20(15-18)26-2/h8-9,12-15,17,19H,4-7,10-11,16H2,1-3H3/b14-13+. The minimum Gasteiger partial charge on any atom is -0.497 e. The van der Waals surface area contributed by atoms with Crippen LogP contribution in [0.1, 0.15) is 51.0 Å². The maximum atomic E-state index is 13.0. The summed E-state index contributed by atoms with van der Waals surface area (Å²) in [4.78, 5) is 26.7. The lowest BCUT2D eigenvalue weighted by Crippen LogP contribution is -2.43. The Morgan fingerprint density at radius 3 is 2.52 bits per heavy atom. The van der Waals surface area contributed by atoms with Crippen LogP contribution in [-0.2, 0) is 14.3 Å². The van der Waals surface area contributed by atoms with E-state index < -0.39 is 0 Å². The van der Waals surface area contributed by atoms with Crippen molar-refractivity contribution >= 4 is 18.0 Å². The zero-order chi connectivity index (χ0) is 19.6. The van der Waals surface area contributed by atoms with Gasteiger partial charge in [0.1, 0.15) is 5.75 Å². The van der Waals surface area contributed by atoms with Gasteiger partial charge in [-0.05, 0) is 36.6 Å². The van der Waals surface area contributed by atoms with Gasteiger partial charge in [0.05, 0.1) is 20.1 Å². The fraction of sp³-hybridized carbons (Fsp3) is 0.545. The zero-order valence-electron chi connectivity index (χ0n) is 16.6. The number of methoxy groups -OCH3 is 2. The normalized spacial score (nSPS) is 16.6. The summed E-state index contributed by atoms with van der Waals surface area (Å²) in [7, 11) is 3.01. The van der Waals surface area contributed by atoms with Crippen molar-refractivity contribution in [1.82, 2.24) is 4.90 Å². The smallest absolute Gasteiger partial charge is 0.310 e. The van der Waals surface area contributed by atoms with E-state index in [1.807, 2.05) is 36.1 Å². The molecule has 0 saturated heterocycles. The van der Waals surface area contributed by atoms with Gasteiger partial charge in [0.2, 0.25) is 5.91 Å². The summed E-state index contributed by atoms with van der Waals surface area (Å²) in [5, 5.41) is 0. The minimum absolute atomic E-state index is 0.0551. The molecule has 0 radical (unpaired) electrons. The zero-order valence-corrected chi connectivity index (χ0v) is 16.6. The summed E-state index contributed by atoms with van der Waals surface area (Å²) in [6, 6.07) is 7.76. The van der Waals surface area contributed by atoms with Crippen molar-refractivity contribution < 1.29 is 19.1 Å². The second-order valence-corrected chi connectivity index (χ2v) is 7.17. The number of rotatable bonds is 7. The number of ether oxygens (including phenoxy) is 2. The monoisotopic (exact) mass is 373 g/mol. The predicted molar refractivity (Wildman–Crippen MR) is 106 cm³/mol. The molecule has 2 rings (SSSR count). The Hall–Kier alpha value is -2.30. The van der Waals surface area contributed by atoms with Gasteiger partial charge in [-0.1, -0.05) is 44.7 Å². The van der Waals surface area contributed by atoms with Crippen LogP contribution in [0.5, 0.6) is 5.75 Å². The van der Waals surface area contributed by atoms with E-state index in [0.717, 1.165) is 37.0 Å². The topological polar surface area (TPSA) is 55.8 Å². The van der Waals surface area contributed by atoms with Crippen molar-refractivity contribution in [3.05, 3.63) is 35.9 Å². The van der Waals surface area contributed by atoms with Gasteiger partial charge in [-0.2, -0.15) is 0 Å². The van der Waals surface area contributed by atoms with Crippen LogP contribution in [-0.4, -0.2) is 43.6 Å². The van der Waals surface area contributed by atoms with E-state index in [1.54, 1.807) is 19.3 Å². The van der Waals surface area contributed by atoms with Gasteiger partial charge in [-0.3, -0.25) is 9.59 Å². The number of carbonyl (C=O) groups excluding carboxylic acids is 2. The molecule has 1 fully saturated rings. The molecular weight excluding hydrogens is 342 g/mol. The molecule has 0 bridgehead atoms. The Kier molecular flexibility index (Phi) is 8.37. The van der Waals surface area contributed by atoms with Crippen LogP contribution in [0.25, 0.3) is 6.08 Å². The molecule has 1 aliphatic rings. The third-order valence-corrected chi connectivity index (χ3v) is 5.13. The number of hydrogen-bond acceptors (Lipinski definition) is 4. The van der Waals surface area contributed by atoms with E-state index in [-0.39, 0.29) is 23.8 Å². The highest BCUT2D eigenvalue weighted by atomic mass is 16.5. The molecule has 1 amide bonds. The molecule has 27 heavy (non-hydrogen) atoms. The third-order valence-electron chi connectivity index (χ3n) is 5.13. The van der Waals surface area contributed by atoms with E-state index in [1.165, 1.54) is 20.0 Å². The van der Waals surface area contributed by atoms with Gasteiger partial charge in [0.25, 0.3) is 0 Å². The molecule has 1 unspecified atom stereocenters. The highest BCUT2D eigenvalue weighted by Gasteiger charge is 2.27. The Labute approximate surface area is 162 Å². The molecule has 1 aromatic carbocycles. The first-order valence-corrected chi connectivity index (χ1v) is 9.75. The fourth-order valence-corrected chi connectivity index (χ4v) is 3.57. The maximum absolute atomic E-state index is 13.0. The molecule has 0 heterocycles. The summed E-state index contributed by atoms with van der Waals surface area (Å²) in [5.41, 5.74) is 0.907. The van der Waals surface area contributed by atoms with E-state index in [0.29, 0.717) is 6.54 Å². The van der Waals surface area contributed by atoms with Crippen molar-refractivity contribution in [3.63, 3.8) is 0 Å². The second-order valence-electron chi connectivity index (χ2n) is 7.17. The Balaban J connectivity index is 2.15. The Morgan fingerprint density at radius 1 is 1.19 bits per heavy atom. The molecule has 1 aliphatic carbocycles. The van der Waals surface area contributed by atoms with E-state index in [4.69, 9.17) is 9.47 Å². The van der Waals surface area contributed by atoms with Crippen molar-refractivity contribution in [2.75, 3.05) is 20.8 Å². The Morgan fingerprint density at radius 2 is 1.89 bits per heavy atom. The molecule has 1 saturated carbocycles. The molecular formula is C22H31NO4. The molecule has 148 valence electrons. The van der Waals surface area contributed by atoms with Gasteiger partial charge in [0, 0.05) is 18.7 Å². The highest BCUT2D eigenvalue weighted by molar-refractivity contribution is 5.92. The predicted octanol–water partition coefficient (Wildman–Crippen LogP) is 4.07. The molecule has 0 aliphatic heterocycles. The summed E-state index contributed by atoms with van der Waals surface area (Å²) in [5.74, 6) is 0.0793. The molecule has 1 atom stereocenters. The highest BCUT2D eigenvalue weighted by Crippen LogP contribution is 2.24. The van der Waals surface area contributed by atoms with Crippen LogP contribution in [0.2, 0.25) is 0 Å². The number of carbonyl (C=O) groups is 2. The van der Waals surface area contributed by atoms with Crippen molar-refractivity contribution in [1.29, 1.82) is 0 Å². The number of nitrogens with zero attached hydrogens (tertiary/aromatic N) is 1. The number of esters is 1. The number of benzene rings is 1. The first kappa shape index (κ1) is 21.0. The van der Waals surface area contributed by atoms with Crippen LogP contribution in [0.3, 0.4) is 0 Å². The van der Waals surface area contributed by atoms with Gasteiger partial charge < -0.3 is 14.4 Å². The minimum atomic E-state index is -0.340. The quantitative estimate of drug-likeness (QED) is 0.411. The lowest BCUT2D eigenvalue weighted by Gasteiger charge is -2.32. The van der Waals surface area contributed by atoms with E-state index in [9.17, 15) is 9.59 Å². The van der Waals surface area contributed by atoms with E-state index >= 15 is 0 Å². The van der Waals surface area contributed by atoms with Gasteiger partial charge in [-0.15, -0.1) is 0 Å². The van der Waals surface area contributed by atoms with E-state index in [2.05, 4.69) is 0 Å². The first-order valence-electron chi connectivity index (χ1n) is 9.75. The maximum Gasteiger partial charge on any atom is 0.310 e. The molecule has 5 nitrogen and oxygen atoms in total. The van der Waals surface area contributed by atoms with Gasteiger partial charge >= 0.3 is 5.97 Å². The van der Waals surface area contributed by atoms with Crippen molar-refractivity contribution in [3.8, 4) is 5.75 Å². The summed E-state index contributed by atoms with van der Waals surface area (Å²) in [6.07, 6.45) is 10.1. The van der Waals surface area contributed by atoms with Crippen LogP contribution in [0.15, 0.2) is 30.3 Å². The fourth-order valence-electron chi connectivity index (χ4n) is 3.57. The van der Waals surface area contributed by atoms with Gasteiger partial charge in [0.15, 0.2) is 0 Å². The van der Waals surface area contributed by atoms with Crippen molar-refractivity contribution in [2.24, 2.45) is 5.92 Å². The lowest BCUT2D eigenvalue weighted by atomic mass is 10.0. The summed E-state index contributed by atoms with van der Waals surface area (Å²) >= 11 is 0. The van der Waals surface area contributed by atoms with Crippen LogP contribution >= 0.6 is 0 Å². The third kappa shape index (κ3) is 6.42. The average molecular weight is 373 g/mol. The largest absolute Gasteiger partial charge is 0.497 e. The molecule has 0 spiro atoms. The SMILES string of the molecule is COC(=O)C(C)CN(C(=O)/C=C/c1cccc(OC)c1)C1CCCCCC1. The number of amides is 1. The molecule has 1 aromatic rings. The average Bonchev–Trinajstić information content (AvgIpc) is 2.98. The van der Waals surface area contributed by atoms with Crippen LogP contribution < -0.4 is 4.74 Å².